The first kappa shape index (κ1) is 17.2. The molecule has 1 aliphatic rings. The highest BCUT2D eigenvalue weighted by atomic mass is 35.5. The van der Waals surface area contributed by atoms with Gasteiger partial charge >= 0.3 is 0 Å². The maximum Gasteiger partial charge on any atom is 0.266 e. The highest BCUT2D eigenvalue weighted by Gasteiger charge is 2.17. The fraction of sp³-hybridized carbons (Fsp3) is 0.111. The molecule has 0 radical (unpaired) electrons. The number of anilines is 1. The van der Waals surface area contributed by atoms with Gasteiger partial charge in [0.25, 0.3) is 5.91 Å². The summed E-state index contributed by atoms with van der Waals surface area (Å²) in [5.74, 6) is 0.375. The second-order valence-corrected chi connectivity index (χ2v) is 5.95. The fourth-order valence-electron chi connectivity index (χ4n) is 2.28. The molecule has 0 aromatic heterocycles. The van der Waals surface area contributed by atoms with E-state index >= 15 is 0 Å². The van der Waals surface area contributed by atoms with E-state index in [1.807, 2.05) is 6.07 Å². The van der Waals surface area contributed by atoms with Crippen LogP contribution in [0.5, 0.6) is 11.5 Å². The van der Waals surface area contributed by atoms with Crippen molar-refractivity contribution in [2.75, 3.05) is 18.5 Å². The summed E-state index contributed by atoms with van der Waals surface area (Å²) in [6, 6.07) is 11.9. The first-order chi connectivity index (χ1) is 12.1. The molecule has 1 amide bonds. The summed E-state index contributed by atoms with van der Waals surface area (Å²) in [7, 11) is 0. The van der Waals surface area contributed by atoms with Crippen LogP contribution in [0.25, 0.3) is 6.08 Å². The number of hydrogen-bond donors (Lipinski definition) is 1. The number of ether oxygens (including phenoxy) is 2. The molecule has 3 rings (SSSR count). The van der Waals surface area contributed by atoms with E-state index < -0.39 is 5.91 Å². The van der Waals surface area contributed by atoms with Crippen LogP contribution in [0.2, 0.25) is 10.0 Å². The Labute approximate surface area is 154 Å². The smallest absolute Gasteiger partial charge is 0.266 e. The molecule has 0 atom stereocenters. The Morgan fingerprint density at radius 3 is 2.68 bits per heavy atom. The average molecular weight is 375 g/mol. The van der Waals surface area contributed by atoms with Gasteiger partial charge in [-0.15, -0.1) is 0 Å². The van der Waals surface area contributed by atoms with Crippen molar-refractivity contribution < 1.29 is 14.3 Å². The molecule has 0 spiro atoms. The molecular weight excluding hydrogens is 363 g/mol. The van der Waals surface area contributed by atoms with Crippen molar-refractivity contribution in [3.05, 3.63) is 57.6 Å². The Bertz CT molecular complexity index is 904. The van der Waals surface area contributed by atoms with E-state index in [9.17, 15) is 10.1 Å². The zero-order chi connectivity index (χ0) is 17.8. The maximum atomic E-state index is 12.3. The Hall–Kier alpha value is -2.68. The lowest BCUT2D eigenvalue weighted by Crippen LogP contribution is -2.16. The lowest BCUT2D eigenvalue weighted by atomic mass is 10.1. The Morgan fingerprint density at radius 1 is 1.16 bits per heavy atom. The summed E-state index contributed by atoms with van der Waals surface area (Å²) in [6.45, 7) is 0.834. The summed E-state index contributed by atoms with van der Waals surface area (Å²) in [4.78, 5) is 12.3. The van der Waals surface area contributed by atoms with Gasteiger partial charge in [0, 0.05) is 0 Å². The van der Waals surface area contributed by atoms with Gasteiger partial charge in [0.1, 0.15) is 24.9 Å². The van der Waals surface area contributed by atoms with Gasteiger partial charge in [0.05, 0.1) is 15.7 Å². The van der Waals surface area contributed by atoms with E-state index in [2.05, 4.69) is 5.32 Å². The third-order valence-electron chi connectivity index (χ3n) is 3.42. The van der Waals surface area contributed by atoms with Crippen molar-refractivity contribution in [3.8, 4) is 17.6 Å². The summed E-state index contributed by atoms with van der Waals surface area (Å²) in [5.41, 5.74) is 0.892. The largest absolute Gasteiger partial charge is 0.486 e. The molecule has 126 valence electrons. The van der Waals surface area contributed by atoms with Crippen molar-refractivity contribution in [1.29, 1.82) is 5.26 Å². The predicted octanol–water partition coefficient (Wildman–Crippen LogP) is 4.31. The monoisotopic (exact) mass is 374 g/mol. The quantitative estimate of drug-likeness (QED) is 0.641. The van der Waals surface area contributed by atoms with E-state index in [0.29, 0.717) is 46.0 Å². The number of nitriles is 1. The molecule has 25 heavy (non-hydrogen) atoms. The van der Waals surface area contributed by atoms with Gasteiger partial charge in [0.2, 0.25) is 0 Å². The standard InChI is InChI=1S/C18H12Cl2N2O3/c19-13-3-1-2-4-15(13)22-18(23)12(10-21)7-11-8-14(20)17-16(9-11)24-5-6-25-17/h1-4,7-9H,5-6H2,(H,22,23)/b12-7+. The average Bonchev–Trinajstić information content (AvgIpc) is 2.61. The molecule has 0 aliphatic carbocycles. The molecule has 1 N–H and O–H groups in total. The minimum Gasteiger partial charge on any atom is -0.486 e. The number of nitrogens with zero attached hydrogens (tertiary/aromatic N) is 1. The number of rotatable bonds is 3. The Morgan fingerprint density at radius 2 is 1.92 bits per heavy atom. The molecule has 1 heterocycles. The number of amides is 1. The highest BCUT2D eigenvalue weighted by Crippen LogP contribution is 2.38. The van der Waals surface area contributed by atoms with Crippen LogP contribution in [0, 0.1) is 11.3 Å². The molecular formula is C18H12Cl2N2O3. The third kappa shape index (κ3) is 3.87. The summed E-state index contributed by atoms with van der Waals surface area (Å²) in [6.07, 6.45) is 1.43. The van der Waals surface area contributed by atoms with Gasteiger partial charge in [-0.1, -0.05) is 35.3 Å². The first-order valence-corrected chi connectivity index (χ1v) is 8.11. The number of benzene rings is 2. The van der Waals surface area contributed by atoms with Gasteiger partial charge in [0.15, 0.2) is 11.5 Å². The summed E-state index contributed by atoms with van der Waals surface area (Å²) < 4.78 is 10.9. The molecule has 5 nitrogen and oxygen atoms in total. The Balaban J connectivity index is 1.88. The summed E-state index contributed by atoms with van der Waals surface area (Å²) >= 11 is 12.2. The van der Waals surface area contributed by atoms with E-state index in [1.165, 1.54) is 6.08 Å². The number of carbonyl (C=O) groups excluding carboxylic acids is 1. The van der Waals surface area contributed by atoms with Crippen molar-refractivity contribution >= 4 is 40.9 Å². The van der Waals surface area contributed by atoms with Crippen molar-refractivity contribution in [2.24, 2.45) is 0 Å². The third-order valence-corrected chi connectivity index (χ3v) is 4.03. The molecule has 1 aliphatic heterocycles. The number of nitrogens with one attached hydrogen (secondary N) is 1. The van der Waals surface area contributed by atoms with E-state index in [-0.39, 0.29) is 5.57 Å². The van der Waals surface area contributed by atoms with E-state index in [1.54, 1.807) is 36.4 Å². The number of para-hydroxylation sites is 1. The molecule has 0 saturated heterocycles. The highest BCUT2D eigenvalue weighted by molar-refractivity contribution is 6.34. The predicted molar refractivity (Wildman–Crippen MR) is 96.1 cm³/mol. The lowest BCUT2D eigenvalue weighted by molar-refractivity contribution is -0.112. The van der Waals surface area contributed by atoms with Gasteiger partial charge in [-0.3, -0.25) is 4.79 Å². The van der Waals surface area contributed by atoms with Gasteiger partial charge in [-0.05, 0) is 35.9 Å². The Kier molecular flexibility index (Phi) is 5.13. The number of hydrogen-bond acceptors (Lipinski definition) is 4. The molecule has 7 heteroatoms. The minimum absolute atomic E-state index is 0.0901. The van der Waals surface area contributed by atoms with Crippen LogP contribution >= 0.6 is 23.2 Å². The maximum absolute atomic E-state index is 12.3. The van der Waals surface area contributed by atoms with Crippen LogP contribution in [0.1, 0.15) is 5.56 Å². The van der Waals surface area contributed by atoms with Crippen LogP contribution < -0.4 is 14.8 Å². The molecule has 0 fully saturated rings. The summed E-state index contributed by atoms with van der Waals surface area (Å²) in [5, 5.41) is 12.7. The second kappa shape index (κ2) is 7.47. The van der Waals surface area contributed by atoms with Gasteiger partial charge in [-0.25, -0.2) is 0 Å². The molecule has 2 aromatic rings. The van der Waals surface area contributed by atoms with E-state index in [4.69, 9.17) is 32.7 Å². The lowest BCUT2D eigenvalue weighted by Gasteiger charge is -2.19. The number of fused-ring (bicyclic) bond motifs is 1. The van der Waals surface area contributed by atoms with Crippen LogP contribution in [0.4, 0.5) is 5.69 Å². The molecule has 0 unspecified atom stereocenters. The van der Waals surface area contributed by atoms with Crippen molar-refractivity contribution in [3.63, 3.8) is 0 Å². The molecule has 0 saturated carbocycles. The van der Waals surface area contributed by atoms with Gasteiger partial charge in [-0.2, -0.15) is 5.26 Å². The molecule has 0 bridgehead atoms. The first-order valence-electron chi connectivity index (χ1n) is 7.35. The topological polar surface area (TPSA) is 71.3 Å². The van der Waals surface area contributed by atoms with Crippen LogP contribution in [-0.4, -0.2) is 19.1 Å². The second-order valence-electron chi connectivity index (χ2n) is 5.13. The van der Waals surface area contributed by atoms with E-state index in [0.717, 1.165) is 0 Å². The van der Waals surface area contributed by atoms with Crippen molar-refractivity contribution in [1.82, 2.24) is 0 Å². The van der Waals surface area contributed by atoms with Crippen LogP contribution in [0.3, 0.4) is 0 Å². The SMILES string of the molecule is N#C/C(=C\c1cc(Cl)c2c(c1)OCCO2)C(=O)Nc1ccccc1Cl. The number of halogens is 2. The van der Waals surface area contributed by atoms with Crippen LogP contribution in [-0.2, 0) is 4.79 Å². The van der Waals surface area contributed by atoms with Crippen molar-refractivity contribution in [2.45, 2.75) is 0 Å². The fourth-order valence-corrected chi connectivity index (χ4v) is 2.74. The zero-order valence-electron chi connectivity index (χ0n) is 12.9. The van der Waals surface area contributed by atoms with Gasteiger partial charge < -0.3 is 14.8 Å². The zero-order valence-corrected chi connectivity index (χ0v) is 14.4. The minimum atomic E-state index is -0.568. The van der Waals surface area contributed by atoms with Crippen LogP contribution in [0.15, 0.2) is 42.0 Å². The molecule has 2 aromatic carbocycles. The normalized spacial score (nSPS) is 13.1. The number of carbonyl (C=O) groups is 1.